The van der Waals surface area contributed by atoms with Gasteiger partial charge >= 0.3 is 0 Å². The van der Waals surface area contributed by atoms with E-state index in [1.165, 1.54) is 12.1 Å². The minimum atomic E-state index is -0.529. The molecule has 0 spiro atoms. The van der Waals surface area contributed by atoms with E-state index in [1.54, 1.807) is 11.8 Å². The summed E-state index contributed by atoms with van der Waals surface area (Å²) in [5.41, 5.74) is 0.514. The molecule has 84 valence electrons. The lowest BCUT2D eigenvalue weighted by molar-refractivity contribution is 0.560. The number of rotatable bonds is 6. The SMILES string of the molecule is CSCCCNCc1ccc(F)cc1F. The Morgan fingerprint density at radius 3 is 2.80 bits per heavy atom. The van der Waals surface area contributed by atoms with Crippen molar-refractivity contribution in [2.45, 2.75) is 13.0 Å². The average Bonchev–Trinajstić information content (AvgIpc) is 2.20. The molecule has 0 saturated heterocycles. The van der Waals surface area contributed by atoms with Gasteiger partial charge in [0.05, 0.1) is 0 Å². The molecule has 0 saturated carbocycles. The molecular formula is C11H15F2NS. The van der Waals surface area contributed by atoms with Crippen LogP contribution >= 0.6 is 11.8 Å². The fourth-order valence-corrected chi connectivity index (χ4v) is 1.66. The van der Waals surface area contributed by atoms with Gasteiger partial charge in [-0.15, -0.1) is 0 Å². The first-order chi connectivity index (χ1) is 7.24. The summed E-state index contributed by atoms with van der Waals surface area (Å²) in [5, 5.41) is 3.12. The first-order valence-electron chi connectivity index (χ1n) is 4.87. The Kier molecular flexibility index (Phi) is 5.65. The molecule has 1 aromatic rings. The molecule has 0 heterocycles. The van der Waals surface area contributed by atoms with E-state index >= 15 is 0 Å². The van der Waals surface area contributed by atoms with Crippen LogP contribution in [0.25, 0.3) is 0 Å². The van der Waals surface area contributed by atoms with Gasteiger partial charge in [-0.05, 0) is 31.0 Å². The molecule has 0 aliphatic heterocycles. The Morgan fingerprint density at radius 2 is 2.13 bits per heavy atom. The second-order valence-electron chi connectivity index (χ2n) is 3.26. The van der Waals surface area contributed by atoms with Crippen LogP contribution in [0.4, 0.5) is 8.78 Å². The summed E-state index contributed by atoms with van der Waals surface area (Å²) in [6.45, 7) is 1.32. The van der Waals surface area contributed by atoms with Crippen LogP contribution in [0.3, 0.4) is 0 Å². The highest BCUT2D eigenvalue weighted by Crippen LogP contribution is 2.08. The topological polar surface area (TPSA) is 12.0 Å². The first kappa shape index (κ1) is 12.5. The minimum absolute atomic E-state index is 0.459. The van der Waals surface area contributed by atoms with E-state index in [0.717, 1.165) is 24.8 Å². The maximum Gasteiger partial charge on any atom is 0.130 e. The highest BCUT2D eigenvalue weighted by Gasteiger charge is 2.02. The normalized spacial score (nSPS) is 10.6. The van der Waals surface area contributed by atoms with E-state index < -0.39 is 11.6 Å². The zero-order valence-corrected chi connectivity index (χ0v) is 9.54. The molecule has 0 aliphatic carbocycles. The molecule has 0 amide bonds. The molecule has 1 N–H and O–H groups in total. The molecule has 4 heteroatoms. The van der Waals surface area contributed by atoms with E-state index in [2.05, 4.69) is 11.6 Å². The second kappa shape index (κ2) is 6.80. The van der Waals surface area contributed by atoms with Crippen molar-refractivity contribution >= 4 is 11.8 Å². The maximum absolute atomic E-state index is 13.1. The predicted molar refractivity (Wildman–Crippen MR) is 61.1 cm³/mol. The second-order valence-corrected chi connectivity index (χ2v) is 4.24. The number of halogens is 2. The maximum atomic E-state index is 13.1. The van der Waals surface area contributed by atoms with Crippen molar-refractivity contribution in [2.75, 3.05) is 18.6 Å². The molecule has 1 rings (SSSR count). The molecule has 0 fully saturated rings. The third-order valence-corrected chi connectivity index (χ3v) is 2.73. The summed E-state index contributed by atoms with van der Waals surface area (Å²) in [6, 6.07) is 3.67. The summed E-state index contributed by atoms with van der Waals surface area (Å²) < 4.78 is 25.7. The van der Waals surface area contributed by atoms with Crippen LogP contribution in [0.5, 0.6) is 0 Å². The van der Waals surface area contributed by atoms with E-state index in [4.69, 9.17) is 0 Å². The number of benzene rings is 1. The Morgan fingerprint density at radius 1 is 1.33 bits per heavy atom. The number of hydrogen-bond donors (Lipinski definition) is 1. The fourth-order valence-electron chi connectivity index (χ4n) is 1.23. The van der Waals surface area contributed by atoms with Crippen molar-refractivity contribution < 1.29 is 8.78 Å². The van der Waals surface area contributed by atoms with Gasteiger partial charge in [-0.2, -0.15) is 11.8 Å². The molecular weight excluding hydrogens is 216 g/mol. The minimum Gasteiger partial charge on any atom is -0.313 e. The standard InChI is InChI=1S/C11H15F2NS/c1-15-6-2-5-14-8-9-3-4-10(12)7-11(9)13/h3-4,7,14H,2,5-6,8H2,1H3. The average molecular weight is 231 g/mol. The van der Waals surface area contributed by atoms with Gasteiger partial charge in [-0.3, -0.25) is 0 Å². The Hall–Kier alpha value is -0.610. The molecule has 1 nitrogen and oxygen atoms in total. The van der Waals surface area contributed by atoms with Gasteiger partial charge in [0.2, 0.25) is 0 Å². The Bertz CT molecular complexity index is 305. The number of nitrogens with one attached hydrogen (secondary N) is 1. The van der Waals surface area contributed by atoms with Crippen LogP contribution in [0.2, 0.25) is 0 Å². The lowest BCUT2D eigenvalue weighted by atomic mass is 10.2. The van der Waals surface area contributed by atoms with Gasteiger partial charge in [-0.1, -0.05) is 6.07 Å². The molecule has 1 aromatic carbocycles. The highest BCUT2D eigenvalue weighted by atomic mass is 32.2. The monoisotopic (exact) mass is 231 g/mol. The van der Waals surface area contributed by atoms with Crippen LogP contribution < -0.4 is 5.32 Å². The quantitative estimate of drug-likeness (QED) is 0.756. The molecule has 0 radical (unpaired) electrons. The van der Waals surface area contributed by atoms with Crippen LogP contribution in [-0.2, 0) is 6.54 Å². The van der Waals surface area contributed by atoms with E-state index in [0.29, 0.717) is 12.1 Å². The summed E-state index contributed by atoms with van der Waals surface area (Å²) in [5.74, 6) is 0.0878. The highest BCUT2D eigenvalue weighted by molar-refractivity contribution is 7.98. The van der Waals surface area contributed by atoms with E-state index in [9.17, 15) is 8.78 Å². The van der Waals surface area contributed by atoms with Gasteiger partial charge in [0.1, 0.15) is 11.6 Å². The number of hydrogen-bond acceptors (Lipinski definition) is 2. The van der Waals surface area contributed by atoms with Crippen molar-refractivity contribution in [2.24, 2.45) is 0 Å². The summed E-state index contributed by atoms with van der Waals surface area (Å²) in [4.78, 5) is 0. The van der Waals surface area contributed by atoms with Crippen LogP contribution in [-0.4, -0.2) is 18.6 Å². The Balaban J connectivity index is 2.31. The van der Waals surface area contributed by atoms with Crippen molar-refractivity contribution in [3.05, 3.63) is 35.4 Å². The lowest BCUT2D eigenvalue weighted by Crippen LogP contribution is -2.16. The van der Waals surface area contributed by atoms with Gasteiger partial charge in [0.25, 0.3) is 0 Å². The van der Waals surface area contributed by atoms with Gasteiger partial charge in [0, 0.05) is 18.2 Å². The van der Waals surface area contributed by atoms with Gasteiger partial charge in [0.15, 0.2) is 0 Å². The zero-order valence-electron chi connectivity index (χ0n) is 8.72. The Labute approximate surface area is 93.3 Å². The lowest BCUT2D eigenvalue weighted by Gasteiger charge is -2.05. The molecule has 0 aromatic heterocycles. The summed E-state index contributed by atoms with van der Waals surface area (Å²) in [6.07, 6.45) is 3.11. The van der Waals surface area contributed by atoms with E-state index in [-0.39, 0.29) is 0 Å². The van der Waals surface area contributed by atoms with Crippen molar-refractivity contribution in [1.29, 1.82) is 0 Å². The first-order valence-corrected chi connectivity index (χ1v) is 6.27. The van der Waals surface area contributed by atoms with Crippen molar-refractivity contribution in [3.63, 3.8) is 0 Å². The van der Waals surface area contributed by atoms with Crippen LogP contribution in [0.15, 0.2) is 18.2 Å². The van der Waals surface area contributed by atoms with Crippen LogP contribution in [0.1, 0.15) is 12.0 Å². The fraction of sp³-hybridized carbons (Fsp3) is 0.455. The summed E-state index contributed by atoms with van der Waals surface area (Å²) in [7, 11) is 0. The molecule has 15 heavy (non-hydrogen) atoms. The molecule has 0 atom stereocenters. The number of thioether (sulfide) groups is 1. The smallest absolute Gasteiger partial charge is 0.130 e. The molecule has 0 bridgehead atoms. The van der Waals surface area contributed by atoms with Crippen LogP contribution in [0, 0.1) is 11.6 Å². The van der Waals surface area contributed by atoms with E-state index in [1.807, 2.05) is 0 Å². The third-order valence-electron chi connectivity index (χ3n) is 2.03. The molecule has 0 aliphatic rings. The van der Waals surface area contributed by atoms with Gasteiger partial charge < -0.3 is 5.32 Å². The largest absolute Gasteiger partial charge is 0.313 e. The van der Waals surface area contributed by atoms with Crippen molar-refractivity contribution in [1.82, 2.24) is 5.32 Å². The summed E-state index contributed by atoms with van der Waals surface area (Å²) >= 11 is 1.79. The van der Waals surface area contributed by atoms with Crippen molar-refractivity contribution in [3.8, 4) is 0 Å². The third kappa shape index (κ3) is 4.62. The zero-order chi connectivity index (χ0) is 11.1. The molecule has 0 unspecified atom stereocenters. The predicted octanol–water partition coefficient (Wildman–Crippen LogP) is 2.81. The van der Waals surface area contributed by atoms with Gasteiger partial charge in [-0.25, -0.2) is 8.78 Å².